The normalized spacial score (nSPS) is 10.5. The highest BCUT2D eigenvalue weighted by atomic mass is 79.9. The molecule has 0 amide bonds. The minimum absolute atomic E-state index is 0.0265. The van der Waals surface area contributed by atoms with Crippen molar-refractivity contribution in [2.24, 2.45) is 0 Å². The predicted molar refractivity (Wildman–Crippen MR) is 67.6 cm³/mol. The van der Waals surface area contributed by atoms with Gasteiger partial charge in [0.1, 0.15) is 5.82 Å². The number of ketones is 1. The van der Waals surface area contributed by atoms with Crippen molar-refractivity contribution in [2.45, 2.75) is 6.42 Å². The summed E-state index contributed by atoms with van der Waals surface area (Å²) in [6, 6.07) is 4.48. The molecule has 5 heteroatoms. The lowest BCUT2D eigenvalue weighted by Gasteiger charge is -2.04. The van der Waals surface area contributed by atoms with Crippen molar-refractivity contribution in [1.82, 2.24) is 5.32 Å². The quantitative estimate of drug-likeness (QED) is 0.782. The second-order valence-electron chi connectivity index (χ2n) is 3.66. The molecule has 0 spiro atoms. The van der Waals surface area contributed by atoms with Crippen molar-refractivity contribution in [3.8, 4) is 0 Å². The lowest BCUT2D eigenvalue weighted by Crippen LogP contribution is -2.27. The van der Waals surface area contributed by atoms with E-state index in [9.17, 15) is 9.18 Å². The van der Waals surface area contributed by atoms with Crippen LogP contribution >= 0.6 is 15.9 Å². The van der Waals surface area contributed by atoms with Gasteiger partial charge in [0.05, 0.1) is 13.2 Å². The number of benzene rings is 1. The first-order valence-electron chi connectivity index (χ1n) is 5.28. The maximum atomic E-state index is 13.1. The van der Waals surface area contributed by atoms with Crippen LogP contribution in [-0.2, 0) is 16.0 Å². The summed E-state index contributed by atoms with van der Waals surface area (Å²) in [6.07, 6.45) is 0.232. The fourth-order valence-corrected chi connectivity index (χ4v) is 1.92. The Kier molecular flexibility index (Phi) is 6.32. The number of hydrogen-bond donors (Lipinski definition) is 1. The van der Waals surface area contributed by atoms with E-state index in [1.54, 1.807) is 13.2 Å². The molecule has 0 bridgehead atoms. The van der Waals surface area contributed by atoms with Crippen LogP contribution in [0.3, 0.4) is 0 Å². The van der Waals surface area contributed by atoms with Gasteiger partial charge in [-0.2, -0.15) is 0 Å². The molecule has 0 aromatic heterocycles. The smallest absolute Gasteiger partial charge is 0.150 e. The molecule has 0 atom stereocenters. The average Bonchev–Trinajstić information content (AvgIpc) is 2.23. The molecule has 0 saturated heterocycles. The fraction of sp³-hybridized carbons (Fsp3) is 0.417. The third-order valence-corrected chi connectivity index (χ3v) is 2.59. The topological polar surface area (TPSA) is 38.3 Å². The van der Waals surface area contributed by atoms with Gasteiger partial charge in [-0.3, -0.25) is 4.79 Å². The summed E-state index contributed by atoms with van der Waals surface area (Å²) in [4.78, 5) is 11.6. The van der Waals surface area contributed by atoms with Gasteiger partial charge in [0.15, 0.2) is 5.78 Å². The highest BCUT2D eigenvalue weighted by Crippen LogP contribution is 2.15. The standard InChI is InChI=1S/C12H15BrFNO2/c1-17-3-2-15-8-12(16)6-9-4-10(13)7-11(14)5-9/h4-5,7,15H,2-3,6,8H2,1H3. The molecule has 94 valence electrons. The number of ether oxygens (including phenoxy) is 1. The first kappa shape index (κ1) is 14.3. The van der Waals surface area contributed by atoms with E-state index < -0.39 is 0 Å². The van der Waals surface area contributed by atoms with Crippen molar-refractivity contribution in [3.63, 3.8) is 0 Å². The zero-order valence-electron chi connectivity index (χ0n) is 9.63. The molecule has 17 heavy (non-hydrogen) atoms. The summed E-state index contributed by atoms with van der Waals surface area (Å²) >= 11 is 3.19. The van der Waals surface area contributed by atoms with E-state index in [1.807, 2.05) is 0 Å². The number of Topliss-reactive ketones (excluding diaryl/α,β-unsaturated/α-hetero) is 1. The van der Waals surface area contributed by atoms with E-state index >= 15 is 0 Å². The summed E-state index contributed by atoms with van der Waals surface area (Å²) in [6.45, 7) is 1.48. The first-order chi connectivity index (χ1) is 8.11. The van der Waals surface area contributed by atoms with Gasteiger partial charge in [0.25, 0.3) is 0 Å². The van der Waals surface area contributed by atoms with Crippen LogP contribution < -0.4 is 5.32 Å². The van der Waals surface area contributed by atoms with Gasteiger partial charge in [-0.1, -0.05) is 15.9 Å². The number of methoxy groups -OCH3 is 1. The monoisotopic (exact) mass is 303 g/mol. The Balaban J connectivity index is 2.39. The van der Waals surface area contributed by atoms with Crippen LogP contribution in [0.4, 0.5) is 4.39 Å². The molecule has 1 aromatic carbocycles. The van der Waals surface area contributed by atoms with Gasteiger partial charge in [-0.25, -0.2) is 4.39 Å². The van der Waals surface area contributed by atoms with Gasteiger partial charge < -0.3 is 10.1 Å². The molecule has 0 aliphatic heterocycles. The van der Waals surface area contributed by atoms with Crippen LogP contribution in [0.5, 0.6) is 0 Å². The zero-order valence-corrected chi connectivity index (χ0v) is 11.2. The van der Waals surface area contributed by atoms with Gasteiger partial charge in [-0.05, 0) is 23.8 Å². The Labute approximate surface area is 108 Å². The molecule has 1 rings (SSSR count). The second-order valence-corrected chi connectivity index (χ2v) is 4.58. The Morgan fingerprint density at radius 2 is 2.24 bits per heavy atom. The summed E-state index contributed by atoms with van der Waals surface area (Å²) in [5, 5.41) is 2.96. The lowest BCUT2D eigenvalue weighted by atomic mass is 10.1. The van der Waals surface area contributed by atoms with Crippen molar-refractivity contribution in [3.05, 3.63) is 34.1 Å². The summed E-state index contributed by atoms with van der Waals surface area (Å²) in [7, 11) is 1.60. The Hall–Kier alpha value is -0.780. The van der Waals surface area contributed by atoms with Crippen molar-refractivity contribution in [1.29, 1.82) is 0 Å². The van der Waals surface area contributed by atoms with Gasteiger partial charge >= 0.3 is 0 Å². The number of hydrogen-bond acceptors (Lipinski definition) is 3. The number of halogens is 2. The Morgan fingerprint density at radius 1 is 1.47 bits per heavy atom. The van der Waals surface area contributed by atoms with Crippen molar-refractivity contribution < 1.29 is 13.9 Å². The number of nitrogens with one attached hydrogen (secondary N) is 1. The maximum absolute atomic E-state index is 13.1. The van der Waals surface area contributed by atoms with Crippen LogP contribution in [0.25, 0.3) is 0 Å². The van der Waals surface area contributed by atoms with Crippen LogP contribution in [0.15, 0.2) is 22.7 Å². The molecule has 0 fully saturated rings. The van der Waals surface area contributed by atoms with E-state index in [0.717, 1.165) is 0 Å². The van der Waals surface area contributed by atoms with Crippen molar-refractivity contribution in [2.75, 3.05) is 26.8 Å². The summed E-state index contributed by atoms with van der Waals surface area (Å²) < 4.78 is 18.5. The fourth-order valence-electron chi connectivity index (χ4n) is 1.41. The van der Waals surface area contributed by atoms with E-state index in [2.05, 4.69) is 21.2 Å². The predicted octanol–water partition coefficient (Wildman–Crippen LogP) is 1.94. The third-order valence-electron chi connectivity index (χ3n) is 2.13. The van der Waals surface area contributed by atoms with Crippen LogP contribution in [0.2, 0.25) is 0 Å². The zero-order chi connectivity index (χ0) is 12.7. The SMILES string of the molecule is COCCNCC(=O)Cc1cc(F)cc(Br)c1. The van der Waals surface area contributed by atoms with E-state index in [-0.39, 0.29) is 24.6 Å². The lowest BCUT2D eigenvalue weighted by molar-refractivity contribution is -0.117. The number of rotatable bonds is 7. The van der Waals surface area contributed by atoms with Gasteiger partial charge in [-0.15, -0.1) is 0 Å². The third kappa shape index (κ3) is 5.91. The Morgan fingerprint density at radius 3 is 2.88 bits per heavy atom. The highest BCUT2D eigenvalue weighted by molar-refractivity contribution is 9.10. The van der Waals surface area contributed by atoms with Crippen LogP contribution in [-0.4, -0.2) is 32.6 Å². The molecule has 0 heterocycles. The minimum atomic E-state index is -0.338. The molecule has 1 N–H and O–H groups in total. The average molecular weight is 304 g/mol. The highest BCUT2D eigenvalue weighted by Gasteiger charge is 2.05. The van der Waals surface area contributed by atoms with Crippen LogP contribution in [0, 0.1) is 5.82 Å². The molecule has 0 radical (unpaired) electrons. The van der Waals surface area contributed by atoms with Gasteiger partial charge in [0, 0.05) is 24.5 Å². The van der Waals surface area contributed by atoms with E-state index in [0.29, 0.717) is 23.2 Å². The molecular formula is C12H15BrFNO2. The van der Waals surface area contributed by atoms with Crippen LogP contribution in [0.1, 0.15) is 5.56 Å². The molecular weight excluding hydrogens is 289 g/mol. The second kappa shape index (κ2) is 7.53. The molecule has 3 nitrogen and oxygen atoms in total. The molecule has 0 aliphatic rings. The Bertz CT molecular complexity index is 365. The molecule has 0 unspecified atom stereocenters. The van der Waals surface area contributed by atoms with E-state index in [1.165, 1.54) is 12.1 Å². The largest absolute Gasteiger partial charge is 0.383 e. The van der Waals surface area contributed by atoms with Gasteiger partial charge in [0.2, 0.25) is 0 Å². The maximum Gasteiger partial charge on any atom is 0.150 e. The molecule has 0 saturated carbocycles. The van der Waals surface area contributed by atoms with Crippen molar-refractivity contribution >= 4 is 21.7 Å². The number of carbonyl (C=O) groups excluding carboxylic acids is 1. The minimum Gasteiger partial charge on any atom is -0.383 e. The summed E-state index contributed by atoms with van der Waals surface area (Å²) in [5.74, 6) is -0.312. The summed E-state index contributed by atoms with van der Waals surface area (Å²) in [5.41, 5.74) is 0.676. The number of carbonyl (C=O) groups is 1. The molecule has 1 aromatic rings. The molecule has 0 aliphatic carbocycles. The first-order valence-corrected chi connectivity index (χ1v) is 6.07. The van der Waals surface area contributed by atoms with E-state index in [4.69, 9.17) is 4.74 Å².